The van der Waals surface area contributed by atoms with E-state index >= 15 is 0 Å². The lowest BCUT2D eigenvalue weighted by Gasteiger charge is -2.33. The van der Waals surface area contributed by atoms with E-state index in [4.69, 9.17) is 4.98 Å². The summed E-state index contributed by atoms with van der Waals surface area (Å²) in [5.41, 5.74) is 6.52. The van der Waals surface area contributed by atoms with Crippen LogP contribution in [-0.2, 0) is 4.79 Å². The van der Waals surface area contributed by atoms with Crippen molar-refractivity contribution in [3.63, 3.8) is 0 Å². The maximum atomic E-state index is 12.5. The molecule has 1 saturated heterocycles. The molecular weight excluding hydrogens is 478 g/mol. The average molecular weight is 510 g/mol. The Morgan fingerprint density at radius 3 is 2.53 bits per heavy atom. The summed E-state index contributed by atoms with van der Waals surface area (Å²) in [6, 6.07) is 8.03. The van der Waals surface area contributed by atoms with Crippen LogP contribution in [0, 0.1) is 5.41 Å². The van der Waals surface area contributed by atoms with E-state index < -0.39 is 5.41 Å². The van der Waals surface area contributed by atoms with Crippen molar-refractivity contribution in [1.29, 1.82) is 0 Å². The molecule has 5 aromatic rings. The van der Waals surface area contributed by atoms with Crippen molar-refractivity contribution < 1.29 is 4.79 Å². The number of fused-ring (bicyclic) bond motifs is 2. The highest BCUT2D eigenvalue weighted by Crippen LogP contribution is 2.33. The summed E-state index contributed by atoms with van der Waals surface area (Å²) in [6.45, 7) is 9.56. The molecule has 1 aliphatic rings. The summed E-state index contributed by atoms with van der Waals surface area (Å²) >= 11 is 0. The summed E-state index contributed by atoms with van der Waals surface area (Å²) in [4.78, 5) is 34.4. The smallest absolute Gasteiger partial charge is 0.229 e. The van der Waals surface area contributed by atoms with E-state index in [2.05, 4.69) is 53.4 Å². The summed E-state index contributed by atoms with van der Waals surface area (Å²) in [6.07, 6.45) is 7.17. The molecule has 1 amide bonds. The van der Waals surface area contributed by atoms with Gasteiger partial charge in [0.25, 0.3) is 0 Å². The molecule has 1 fully saturated rings. The Kier molecular flexibility index (Phi) is 5.83. The first-order valence-electron chi connectivity index (χ1n) is 12.8. The number of hydrogen-bond acceptors (Lipinski definition) is 7. The quantitative estimate of drug-likeness (QED) is 0.330. The van der Waals surface area contributed by atoms with Crippen LogP contribution < -0.4 is 10.2 Å². The van der Waals surface area contributed by atoms with E-state index in [-0.39, 0.29) is 5.91 Å². The van der Waals surface area contributed by atoms with Crippen LogP contribution in [0.2, 0.25) is 0 Å². The topological polar surface area (TPSA) is 119 Å². The summed E-state index contributed by atoms with van der Waals surface area (Å²) in [5, 5.41) is 11.6. The summed E-state index contributed by atoms with van der Waals surface area (Å²) in [7, 11) is 2.15. The van der Waals surface area contributed by atoms with E-state index in [9.17, 15) is 4.79 Å². The maximum Gasteiger partial charge on any atom is 0.229 e. The van der Waals surface area contributed by atoms with Crippen molar-refractivity contribution in [1.82, 2.24) is 35.0 Å². The number of rotatable bonds is 4. The van der Waals surface area contributed by atoms with E-state index in [0.29, 0.717) is 11.5 Å². The van der Waals surface area contributed by atoms with Gasteiger partial charge in [-0.3, -0.25) is 19.9 Å². The first-order valence-corrected chi connectivity index (χ1v) is 12.8. The molecule has 38 heavy (non-hydrogen) atoms. The Morgan fingerprint density at radius 2 is 1.74 bits per heavy atom. The SMILES string of the molecule is CN1CCN(c2cncc3[nH]c(-c4n[nH]c5ccc(-c6cncc(NC(=O)C(C)(C)C)c6)cc45)nc23)CC1. The van der Waals surface area contributed by atoms with Gasteiger partial charge in [-0.25, -0.2) is 4.98 Å². The molecule has 0 spiro atoms. The Bertz CT molecular complexity index is 1640. The number of carbonyl (C=O) groups excluding carboxylic acids is 1. The Balaban J connectivity index is 1.35. The number of aromatic amines is 2. The van der Waals surface area contributed by atoms with E-state index in [0.717, 1.165) is 70.6 Å². The van der Waals surface area contributed by atoms with Gasteiger partial charge in [0.2, 0.25) is 5.91 Å². The minimum absolute atomic E-state index is 0.0562. The average Bonchev–Trinajstić information content (AvgIpc) is 3.52. The van der Waals surface area contributed by atoms with Crippen molar-refractivity contribution in [3.05, 3.63) is 49.1 Å². The van der Waals surface area contributed by atoms with Gasteiger partial charge in [-0.1, -0.05) is 26.8 Å². The van der Waals surface area contributed by atoms with Crippen molar-refractivity contribution in [2.75, 3.05) is 43.4 Å². The lowest BCUT2D eigenvalue weighted by molar-refractivity contribution is -0.123. The molecule has 10 heteroatoms. The third kappa shape index (κ3) is 4.47. The van der Waals surface area contributed by atoms with Crippen molar-refractivity contribution in [3.8, 4) is 22.6 Å². The Morgan fingerprint density at radius 1 is 0.947 bits per heavy atom. The summed E-state index contributed by atoms with van der Waals surface area (Å²) < 4.78 is 0. The number of likely N-dealkylation sites (N-methyl/N-ethyl adjacent to an activating group) is 1. The van der Waals surface area contributed by atoms with Crippen LogP contribution in [0.1, 0.15) is 20.8 Å². The predicted octanol–water partition coefficient (Wildman–Crippen LogP) is 4.30. The fraction of sp³-hybridized carbons (Fsp3) is 0.321. The van der Waals surface area contributed by atoms with Gasteiger partial charge in [0.15, 0.2) is 5.82 Å². The van der Waals surface area contributed by atoms with E-state index in [1.54, 1.807) is 12.4 Å². The molecule has 0 bridgehead atoms. The standard InChI is InChI=1S/C28H31N9O/c1-28(2,3)27(38)31-19-11-18(13-29-14-19)17-5-6-21-20(12-17)24(35-34-21)26-32-22-15-30-16-23(25(22)33-26)37-9-7-36(4)8-10-37/h5-6,11-16H,7-10H2,1-4H3,(H,31,38)(H,32,33)(H,34,35). The number of anilines is 2. The monoisotopic (exact) mass is 509 g/mol. The number of hydrogen-bond donors (Lipinski definition) is 3. The third-order valence-corrected chi connectivity index (χ3v) is 7.02. The highest BCUT2D eigenvalue weighted by atomic mass is 16.2. The second-order valence-corrected chi connectivity index (χ2v) is 10.9. The third-order valence-electron chi connectivity index (χ3n) is 7.02. The van der Waals surface area contributed by atoms with Crippen LogP contribution in [0.4, 0.5) is 11.4 Å². The fourth-order valence-corrected chi connectivity index (χ4v) is 4.67. The van der Waals surface area contributed by atoms with Gasteiger partial charge in [0, 0.05) is 48.7 Å². The molecule has 5 heterocycles. The minimum atomic E-state index is -0.493. The predicted molar refractivity (Wildman–Crippen MR) is 150 cm³/mol. The highest BCUT2D eigenvalue weighted by molar-refractivity contribution is 5.98. The number of nitrogens with zero attached hydrogens (tertiary/aromatic N) is 6. The number of piperazine rings is 1. The Labute approximate surface area is 220 Å². The van der Waals surface area contributed by atoms with Gasteiger partial charge in [-0.15, -0.1) is 0 Å². The van der Waals surface area contributed by atoms with Crippen molar-refractivity contribution in [2.45, 2.75) is 20.8 Å². The number of nitrogens with one attached hydrogen (secondary N) is 3. The van der Waals surface area contributed by atoms with E-state index in [1.807, 2.05) is 51.4 Å². The van der Waals surface area contributed by atoms with Gasteiger partial charge in [0.05, 0.1) is 41.0 Å². The maximum absolute atomic E-state index is 12.5. The van der Waals surface area contributed by atoms with Gasteiger partial charge in [0.1, 0.15) is 11.2 Å². The van der Waals surface area contributed by atoms with Crippen LogP contribution in [0.5, 0.6) is 0 Å². The zero-order valence-electron chi connectivity index (χ0n) is 22.0. The first kappa shape index (κ1) is 24.1. The molecule has 0 atom stereocenters. The Hall–Kier alpha value is -4.31. The molecule has 6 rings (SSSR count). The molecule has 0 unspecified atom stereocenters. The highest BCUT2D eigenvalue weighted by Gasteiger charge is 2.22. The largest absolute Gasteiger partial charge is 0.366 e. The zero-order chi connectivity index (χ0) is 26.4. The molecule has 0 radical (unpaired) electrons. The number of benzene rings is 1. The normalized spacial score (nSPS) is 14.9. The molecule has 4 aromatic heterocycles. The number of pyridine rings is 2. The lowest BCUT2D eigenvalue weighted by atomic mass is 9.95. The molecule has 3 N–H and O–H groups in total. The van der Waals surface area contributed by atoms with Gasteiger partial charge in [-0.05, 0) is 30.8 Å². The molecule has 1 aromatic carbocycles. The van der Waals surface area contributed by atoms with Crippen LogP contribution in [-0.4, -0.2) is 74.2 Å². The van der Waals surface area contributed by atoms with Crippen LogP contribution in [0.25, 0.3) is 44.6 Å². The number of imidazole rings is 1. The van der Waals surface area contributed by atoms with Crippen molar-refractivity contribution in [2.24, 2.45) is 5.41 Å². The molecule has 194 valence electrons. The number of aromatic nitrogens is 6. The van der Waals surface area contributed by atoms with Crippen LogP contribution in [0.15, 0.2) is 49.1 Å². The summed E-state index contributed by atoms with van der Waals surface area (Å²) in [5.74, 6) is 0.635. The molecule has 10 nitrogen and oxygen atoms in total. The molecular formula is C28H31N9O. The van der Waals surface area contributed by atoms with Gasteiger partial charge < -0.3 is 20.1 Å². The molecule has 1 aliphatic heterocycles. The molecule has 0 saturated carbocycles. The zero-order valence-corrected chi connectivity index (χ0v) is 22.0. The molecule has 0 aliphatic carbocycles. The number of carbonyl (C=O) groups is 1. The van der Waals surface area contributed by atoms with Crippen molar-refractivity contribution >= 4 is 39.2 Å². The number of H-pyrrole nitrogens is 2. The minimum Gasteiger partial charge on any atom is -0.366 e. The van der Waals surface area contributed by atoms with E-state index in [1.165, 1.54) is 0 Å². The van der Waals surface area contributed by atoms with Crippen LogP contribution >= 0.6 is 0 Å². The fourth-order valence-electron chi connectivity index (χ4n) is 4.67. The first-order chi connectivity index (χ1) is 18.3. The van der Waals surface area contributed by atoms with Crippen LogP contribution in [0.3, 0.4) is 0 Å². The second kappa shape index (κ2) is 9.21. The van der Waals surface area contributed by atoms with Gasteiger partial charge >= 0.3 is 0 Å². The van der Waals surface area contributed by atoms with Gasteiger partial charge in [-0.2, -0.15) is 5.10 Å². The second-order valence-electron chi connectivity index (χ2n) is 10.9. The number of amides is 1. The lowest BCUT2D eigenvalue weighted by Crippen LogP contribution is -2.44.